The van der Waals surface area contributed by atoms with E-state index in [4.69, 9.17) is 0 Å². The zero-order valence-electron chi connectivity index (χ0n) is 11.4. The molecule has 1 aromatic heterocycles. The molecule has 0 bridgehead atoms. The molecule has 0 aliphatic carbocycles. The van der Waals surface area contributed by atoms with Crippen molar-refractivity contribution in [3.63, 3.8) is 0 Å². The lowest BCUT2D eigenvalue weighted by atomic mass is 9.92. The highest BCUT2D eigenvalue weighted by atomic mass is 32.2. The van der Waals surface area contributed by atoms with E-state index >= 15 is 0 Å². The number of pyridine rings is 1. The number of nitrogens with one attached hydrogen (secondary N) is 1. The summed E-state index contributed by atoms with van der Waals surface area (Å²) in [4.78, 5) is 4.37. The number of benzene rings is 1. The first kappa shape index (κ1) is 13.5. The minimum absolute atomic E-state index is 0.0682. The van der Waals surface area contributed by atoms with Gasteiger partial charge in [-0.15, -0.1) is 0 Å². The van der Waals surface area contributed by atoms with Crippen LogP contribution < -0.4 is 5.32 Å². The molecule has 1 N–H and O–H groups in total. The van der Waals surface area contributed by atoms with E-state index in [0.717, 1.165) is 22.9 Å². The number of fused-ring (bicyclic) bond motifs is 1. The molecule has 0 saturated carbocycles. The lowest BCUT2D eigenvalue weighted by Gasteiger charge is -2.22. The molecule has 0 amide bonds. The van der Waals surface area contributed by atoms with E-state index in [2.05, 4.69) is 22.4 Å². The molecule has 1 fully saturated rings. The molecule has 0 radical (unpaired) electrons. The summed E-state index contributed by atoms with van der Waals surface area (Å²) in [5, 5.41) is 4.37. The third-order valence-corrected chi connectivity index (χ3v) is 5.83. The smallest absolute Gasteiger partial charge is 0.150 e. The summed E-state index contributed by atoms with van der Waals surface area (Å²) in [6.45, 7) is 0. The first-order valence-electron chi connectivity index (χ1n) is 6.81. The predicted octanol–water partition coefficient (Wildman–Crippen LogP) is 1.93. The number of rotatable bonds is 3. The van der Waals surface area contributed by atoms with E-state index in [0.29, 0.717) is 5.75 Å². The summed E-state index contributed by atoms with van der Waals surface area (Å²) in [5.41, 5.74) is 2.06. The molecule has 2 heterocycles. The second kappa shape index (κ2) is 5.14. The van der Waals surface area contributed by atoms with Crippen molar-refractivity contribution in [3.8, 4) is 0 Å². The number of hydrogen-bond donors (Lipinski definition) is 1. The molecule has 1 aliphatic heterocycles. The number of nitrogens with zero attached hydrogens (tertiary/aromatic N) is 1. The third kappa shape index (κ3) is 2.55. The molecule has 2 aromatic rings. The maximum atomic E-state index is 11.7. The normalized spacial score (nSPS) is 22.9. The molecule has 0 spiro atoms. The van der Waals surface area contributed by atoms with Crippen molar-refractivity contribution in [3.05, 3.63) is 42.1 Å². The van der Waals surface area contributed by atoms with Crippen molar-refractivity contribution in [2.45, 2.75) is 12.5 Å². The Bertz CT molecular complexity index is 727. The van der Waals surface area contributed by atoms with Gasteiger partial charge in [0.1, 0.15) is 0 Å². The van der Waals surface area contributed by atoms with Gasteiger partial charge in [-0.05, 0) is 37.1 Å². The molecule has 4 nitrogen and oxygen atoms in total. The van der Waals surface area contributed by atoms with E-state index in [9.17, 15) is 8.42 Å². The average Bonchev–Trinajstić information content (AvgIpc) is 2.80. The molecule has 2 unspecified atom stereocenters. The number of aromatic nitrogens is 1. The highest BCUT2D eigenvalue weighted by Gasteiger charge is 2.33. The van der Waals surface area contributed by atoms with Gasteiger partial charge in [-0.2, -0.15) is 0 Å². The van der Waals surface area contributed by atoms with Gasteiger partial charge < -0.3 is 5.32 Å². The topological polar surface area (TPSA) is 59.1 Å². The van der Waals surface area contributed by atoms with Gasteiger partial charge in [-0.3, -0.25) is 4.98 Å². The molecule has 1 aliphatic rings. The Labute approximate surface area is 119 Å². The van der Waals surface area contributed by atoms with E-state index in [-0.39, 0.29) is 17.7 Å². The summed E-state index contributed by atoms with van der Waals surface area (Å²) in [5.74, 6) is 0.728. The van der Waals surface area contributed by atoms with E-state index in [1.807, 2.05) is 25.2 Å². The fourth-order valence-electron chi connectivity index (χ4n) is 3.04. The Balaban J connectivity index is 1.95. The second-order valence-corrected chi connectivity index (χ2v) is 7.61. The third-order valence-electron chi connectivity index (χ3n) is 4.04. The Morgan fingerprint density at radius 1 is 1.35 bits per heavy atom. The SMILES string of the molecule is CNC(c1ccc2cccnc2c1)C1CCS(=O)(=O)C1. The van der Waals surface area contributed by atoms with Gasteiger partial charge in [0.15, 0.2) is 9.84 Å². The van der Waals surface area contributed by atoms with Crippen LogP contribution in [0.3, 0.4) is 0 Å². The van der Waals surface area contributed by atoms with Crippen LogP contribution in [0.2, 0.25) is 0 Å². The zero-order valence-corrected chi connectivity index (χ0v) is 12.2. The van der Waals surface area contributed by atoms with Crippen molar-refractivity contribution in [2.75, 3.05) is 18.6 Å². The zero-order chi connectivity index (χ0) is 14.2. The minimum Gasteiger partial charge on any atom is -0.313 e. The highest BCUT2D eigenvalue weighted by Crippen LogP contribution is 2.32. The first-order valence-corrected chi connectivity index (χ1v) is 8.63. The molecule has 106 valence electrons. The lowest BCUT2D eigenvalue weighted by Crippen LogP contribution is -2.26. The molecular weight excluding hydrogens is 272 g/mol. The largest absolute Gasteiger partial charge is 0.313 e. The fourth-order valence-corrected chi connectivity index (χ4v) is 4.88. The van der Waals surface area contributed by atoms with Crippen LogP contribution in [0.15, 0.2) is 36.5 Å². The summed E-state index contributed by atoms with van der Waals surface area (Å²) >= 11 is 0. The van der Waals surface area contributed by atoms with Gasteiger partial charge in [0.05, 0.1) is 17.0 Å². The summed E-state index contributed by atoms with van der Waals surface area (Å²) < 4.78 is 23.3. The van der Waals surface area contributed by atoms with Crippen LogP contribution in [0.4, 0.5) is 0 Å². The molecule has 1 saturated heterocycles. The van der Waals surface area contributed by atoms with Crippen LogP contribution in [0, 0.1) is 5.92 Å². The van der Waals surface area contributed by atoms with Gasteiger partial charge in [0, 0.05) is 17.6 Å². The summed E-state index contributed by atoms with van der Waals surface area (Å²) in [6, 6.07) is 10.2. The monoisotopic (exact) mass is 290 g/mol. The molecule has 5 heteroatoms. The maximum Gasteiger partial charge on any atom is 0.150 e. The second-order valence-electron chi connectivity index (χ2n) is 5.39. The number of sulfone groups is 1. The Kier molecular flexibility index (Phi) is 3.48. The van der Waals surface area contributed by atoms with Gasteiger partial charge in [-0.1, -0.05) is 18.2 Å². The fraction of sp³-hybridized carbons (Fsp3) is 0.400. The Morgan fingerprint density at radius 3 is 2.90 bits per heavy atom. The highest BCUT2D eigenvalue weighted by molar-refractivity contribution is 7.91. The van der Waals surface area contributed by atoms with Crippen LogP contribution in [0.25, 0.3) is 10.9 Å². The minimum atomic E-state index is -2.86. The van der Waals surface area contributed by atoms with Crippen molar-refractivity contribution in [2.24, 2.45) is 5.92 Å². The van der Waals surface area contributed by atoms with Crippen molar-refractivity contribution >= 4 is 20.7 Å². The van der Waals surface area contributed by atoms with Gasteiger partial charge >= 0.3 is 0 Å². The first-order chi connectivity index (χ1) is 9.59. The van der Waals surface area contributed by atoms with Crippen molar-refractivity contribution in [1.82, 2.24) is 10.3 Å². The quantitative estimate of drug-likeness (QED) is 0.938. The summed E-state index contributed by atoms with van der Waals surface area (Å²) in [7, 11) is -0.970. The average molecular weight is 290 g/mol. The molecule has 20 heavy (non-hydrogen) atoms. The van der Waals surface area contributed by atoms with E-state index < -0.39 is 9.84 Å². The van der Waals surface area contributed by atoms with Gasteiger partial charge in [0.25, 0.3) is 0 Å². The van der Waals surface area contributed by atoms with Gasteiger partial charge in [-0.25, -0.2) is 8.42 Å². The van der Waals surface area contributed by atoms with Crippen LogP contribution >= 0.6 is 0 Å². The van der Waals surface area contributed by atoms with Crippen molar-refractivity contribution < 1.29 is 8.42 Å². The predicted molar refractivity (Wildman–Crippen MR) is 80.3 cm³/mol. The molecular formula is C15H18N2O2S. The van der Waals surface area contributed by atoms with E-state index in [1.165, 1.54) is 0 Å². The lowest BCUT2D eigenvalue weighted by molar-refractivity contribution is 0.419. The van der Waals surface area contributed by atoms with Crippen LogP contribution in [0.1, 0.15) is 18.0 Å². The van der Waals surface area contributed by atoms with E-state index in [1.54, 1.807) is 6.20 Å². The molecule has 1 aromatic carbocycles. The Morgan fingerprint density at radius 2 is 2.20 bits per heavy atom. The standard InChI is InChI=1S/C15H18N2O2S/c1-16-15(13-6-8-20(18,19)10-13)12-5-4-11-3-2-7-17-14(11)9-12/h2-5,7,9,13,15-16H,6,8,10H2,1H3. The van der Waals surface area contributed by atoms with Crippen LogP contribution in [-0.2, 0) is 9.84 Å². The Hall–Kier alpha value is -1.46. The summed E-state index contributed by atoms with van der Waals surface area (Å²) in [6.07, 6.45) is 2.51. The number of hydrogen-bond acceptors (Lipinski definition) is 4. The van der Waals surface area contributed by atoms with Crippen LogP contribution in [-0.4, -0.2) is 32.0 Å². The molecule has 2 atom stereocenters. The maximum absolute atomic E-state index is 11.7. The van der Waals surface area contributed by atoms with Crippen LogP contribution in [0.5, 0.6) is 0 Å². The van der Waals surface area contributed by atoms with Crippen molar-refractivity contribution in [1.29, 1.82) is 0 Å². The van der Waals surface area contributed by atoms with Gasteiger partial charge in [0.2, 0.25) is 0 Å². The molecule has 3 rings (SSSR count).